The predicted molar refractivity (Wildman–Crippen MR) is 173 cm³/mol. The molecule has 14 nitrogen and oxygen atoms in total. The Morgan fingerprint density at radius 2 is 1.98 bits per heavy atom. The number of nitrogens with one attached hydrogen (secondary N) is 1. The number of halogens is 2. The molecule has 3 atom stereocenters. The van der Waals surface area contributed by atoms with E-state index in [-0.39, 0.29) is 31.8 Å². The van der Waals surface area contributed by atoms with E-state index in [1.165, 1.54) is 36.5 Å². The Morgan fingerprint density at radius 3 is 2.62 bits per heavy atom. The van der Waals surface area contributed by atoms with Crippen molar-refractivity contribution in [1.29, 1.82) is 0 Å². The number of amides is 1. The van der Waals surface area contributed by atoms with Crippen molar-refractivity contribution in [2.45, 2.75) is 58.3 Å². The van der Waals surface area contributed by atoms with Crippen LogP contribution in [0.3, 0.4) is 0 Å². The smallest absolute Gasteiger partial charge is 0.411 e. The average molecular weight is 665 g/mol. The fraction of sp³-hybridized carbons (Fsp3) is 0.469. The summed E-state index contributed by atoms with van der Waals surface area (Å²) in [5, 5.41) is 16.5. The van der Waals surface area contributed by atoms with Crippen molar-refractivity contribution >= 4 is 22.6 Å². The number of anilines is 1. The SMILES string of the molecule is CCC(OC(=O)N(CCOC)Cn1nc2c3c(cc(F)cc3c1=O)N[C@@H](c1ccc(F)cc1)[C@@H]2c1ncnn1C)C(C)(C)CCN=[N+]=[N-]. The third kappa shape index (κ3) is 6.94. The standard InChI is InChI=1S/C32H38F2N10O4/c1-6-24(32(2,3)11-12-37-41-35)48-31(46)43(13-14-47-5)18-44-30(45)22-15-21(34)16-23-25(22)28(40-44)26(29-36-17-38-42(29)4)27(39-23)19-7-9-20(33)10-8-19/h7-10,15-17,24,26-27,39H,6,11-14,18H2,1-5H3/t24?,26-,27-/m0/s1. The van der Waals surface area contributed by atoms with Crippen LogP contribution in [-0.2, 0) is 23.2 Å². The van der Waals surface area contributed by atoms with Crippen molar-refractivity contribution in [3.8, 4) is 0 Å². The number of aryl methyl sites for hydroxylation is 1. The molecule has 1 N–H and O–H groups in total. The minimum atomic E-state index is -0.700. The zero-order chi connectivity index (χ0) is 34.6. The molecule has 4 aromatic rings. The zero-order valence-corrected chi connectivity index (χ0v) is 27.4. The number of hydrogen-bond donors (Lipinski definition) is 1. The van der Waals surface area contributed by atoms with Gasteiger partial charge >= 0.3 is 6.09 Å². The molecule has 0 saturated heterocycles. The molecule has 1 aliphatic heterocycles. The van der Waals surface area contributed by atoms with Crippen molar-refractivity contribution in [1.82, 2.24) is 29.4 Å². The first-order valence-electron chi connectivity index (χ1n) is 15.5. The third-order valence-electron chi connectivity index (χ3n) is 8.78. The summed E-state index contributed by atoms with van der Waals surface area (Å²) in [5.74, 6) is -1.23. The van der Waals surface area contributed by atoms with Gasteiger partial charge in [0.15, 0.2) is 0 Å². The molecular weight excluding hydrogens is 626 g/mol. The lowest BCUT2D eigenvalue weighted by Crippen LogP contribution is -2.44. The van der Waals surface area contributed by atoms with Gasteiger partial charge in [0.1, 0.15) is 36.6 Å². The maximum atomic E-state index is 15.1. The maximum absolute atomic E-state index is 15.1. The fourth-order valence-corrected chi connectivity index (χ4v) is 6.17. The predicted octanol–water partition coefficient (Wildman–Crippen LogP) is 5.65. The van der Waals surface area contributed by atoms with Crippen LogP contribution in [0, 0.1) is 17.0 Å². The first-order chi connectivity index (χ1) is 23.0. The van der Waals surface area contributed by atoms with Gasteiger partial charge in [-0.15, -0.1) is 0 Å². The molecular formula is C32H38F2N10O4. The van der Waals surface area contributed by atoms with Crippen LogP contribution in [0.4, 0.5) is 19.3 Å². The highest BCUT2D eigenvalue weighted by molar-refractivity contribution is 5.97. The van der Waals surface area contributed by atoms with Crippen LogP contribution < -0.4 is 10.9 Å². The summed E-state index contributed by atoms with van der Waals surface area (Å²) < 4.78 is 43.0. The number of benzene rings is 2. The zero-order valence-electron chi connectivity index (χ0n) is 27.4. The van der Waals surface area contributed by atoms with Gasteiger partial charge in [0, 0.05) is 48.6 Å². The molecule has 1 unspecified atom stereocenters. The molecule has 0 bridgehead atoms. The molecule has 48 heavy (non-hydrogen) atoms. The van der Waals surface area contributed by atoms with Gasteiger partial charge in [-0.2, -0.15) is 10.2 Å². The van der Waals surface area contributed by atoms with E-state index in [9.17, 15) is 14.0 Å². The quantitative estimate of drug-likeness (QED) is 0.109. The summed E-state index contributed by atoms with van der Waals surface area (Å²) in [4.78, 5) is 36.3. The minimum absolute atomic E-state index is 0.0536. The molecule has 3 heterocycles. The maximum Gasteiger partial charge on any atom is 0.411 e. The molecule has 0 fully saturated rings. The lowest BCUT2D eigenvalue weighted by molar-refractivity contribution is -0.0102. The van der Waals surface area contributed by atoms with E-state index >= 15 is 4.39 Å². The van der Waals surface area contributed by atoms with E-state index in [0.29, 0.717) is 41.0 Å². The van der Waals surface area contributed by atoms with Gasteiger partial charge in [-0.3, -0.25) is 14.4 Å². The Hall–Kier alpha value is -5.08. The molecule has 5 rings (SSSR count). The highest BCUT2D eigenvalue weighted by Crippen LogP contribution is 2.46. The number of methoxy groups -OCH3 is 1. The summed E-state index contributed by atoms with van der Waals surface area (Å²) in [6.45, 7) is 5.84. The number of nitrogens with zero attached hydrogens (tertiary/aromatic N) is 9. The van der Waals surface area contributed by atoms with Gasteiger partial charge in [-0.25, -0.2) is 23.2 Å². The molecule has 0 saturated carbocycles. The van der Waals surface area contributed by atoms with E-state index in [2.05, 4.69) is 25.4 Å². The second-order valence-corrected chi connectivity index (χ2v) is 12.3. The number of ether oxygens (including phenoxy) is 2. The van der Waals surface area contributed by atoms with Crippen LogP contribution in [0.25, 0.3) is 21.2 Å². The average Bonchev–Trinajstić information content (AvgIpc) is 3.48. The van der Waals surface area contributed by atoms with Gasteiger partial charge < -0.3 is 14.8 Å². The number of rotatable bonds is 13. The van der Waals surface area contributed by atoms with Crippen LogP contribution in [-0.4, -0.2) is 68.4 Å². The van der Waals surface area contributed by atoms with E-state index < -0.39 is 46.8 Å². The van der Waals surface area contributed by atoms with Gasteiger partial charge in [-0.05, 0) is 48.2 Å². The number of aromatic nitrogens is 5. The lowest BCUT2D eigenvalue weighted by atomic mass is 9.82. The van der Waals surface area contributed by atoms with Gasteiger partial charge in [-0.1, -0.05) is 38.0 Å². The monoisotopic (exact) mass is 664 g/mol. The van der Waals surface area contributed by atoms with Crippen LogP contribution in [0.2, 0.25) is 0 Å². The number of carbonyl (C=O) groups excluding carboxylic acids is 1. The van der Waals surface area contributed by atoms with Crippen molar-refractivity contribution in [2.75, 3.05) is 32.1 Å². The van der Waals surface area contributed by atoms with E-state index in [1.807, 2.05) is 20.8 Å². The van der Waals surface area contributed by atoms with Crippen LogP contribution in [0.15, 0.2) is 52.6 Å². The molecule has 0 aliphatic carbocycles. The Morgan fingerprint density at radius 1 is 1.23 bits per heavy atom. The Balaban J connectivity index is 1.60. The Kier molecular flexibility index (Phi) is 10.2. The van der Waals surface area contributed by atoms with Crippen molar-refractivity contribution in [3.63, 3.8) is 0 Å². The molecule has 0 radical (unpaired) electrons. The fourth-order valence-electron chi connectivity index (χ4n) is 6.17. The molecule has 2 aromatic heterocycles. The molecule has 0 spiro atoms. The summed E-state index contributed by atoms with van der Waals surface area (Å²) >= 11 is 0. The van der Waals surface area contributed by atoms with Crippen molar-refractivity contribution < 1.29 is 23.0 Å². The van der Waals surface area contributed by atoms with Gasteiger partial charge in [0.05, 0.1) is 29.6 Å². The summed E-state index contributed by atoms with van der Waals surface area (Å²) in [6.07, 6.45) is 1.13. The Bertz CT molecular complexity index is 1890. The van der Waals surface area contributed by atoms with Crippen molar-refractivity contribution in [2.24, 2.45) is 17.6 Å². The van der Waals surface area contributed by atoms with Crippen LogP contribution in [0.5, 0.6) is 0 Å². The topological polar surface area (TPSA) is 165 Å². The van der Waals surface area contributed by atoms with Gasteiger partial charge in [0.25, 0.3) is 5.56 Å². The van der Waals surface area contributed by atoms with Crippen molar-refractivity contribution in [3.05, 3.63) is 92.2 Å². The molecule has 2 aromatic carbocycles. The van der Waals surface area contributed by atoms with Crippen LogP contribution in [0.1, 0.15) is 62.7 Å². The number of carbonyl (C=O) groups is 1. The second-order valence-electron chi connectivity index (χ2n) is 12.3. The van der Waals surface area contributed by atoms with Gasteiger partial charge in [0.2, 0.25) is 0 Å². The van der Waals surface area contributed by atoms with Crippen LogP contribution >= 0.6 is 0 Å². The largest absolute Gasteiger partial charge is 0.446 e. The first kappa shape index (κ1) is 34.3. The number of azide groups is 1. The Labute approximate surface area is 275 Å². The summed E-state index contributed by atoms with van der Waals surface area (Å²) in [5.41, 5.74) is 8.97. The molecule has 1 aliphatic rings. The van der Waals surface area contributed by atoms with E-state index in [0.717, 1.165) is 10.7 Å². The first-order valence-corrected chi connectivity index (χ1v) is 15.5. The molecule has 16 heteroatoms. The van der Waals surface area contributed by atoms with E-state index in [1.54, 1.807) is 23.9 Å². The van der Waals surface area contributed by atoms with E-state index in [4.69, 9.17) is 20.1 Å². The lowest BCUT2D eigenvalue weighted by Gasteiger charge is -2.35. The highest BCUT2D eigenvalue weighted by atomic mass is 19.1. The summed E-state index contributed by atoms with van der Waals surface area (Å²) in [7, 11) is 3.21. The highest BCUT2D eigenvalue weighted by Gasteiger charge is 2.39. The minimum Gasteiger partial charge on any atom is -0.446 e. The normalized spacial score (nSPS) is 16.2. The number of hydrogen-bond acceptors (Lipinski definition) is 9. The summed E-state index contributed by atoms with van der Waals surface area (Å²) in [6, 6.07) is 7.74. The molecule has 254 valence electrons. The second kappa shape index (κ2) is 14.4. The third-order valence-corrected chi connectivity index (χ3v) is 8.78. The molecule has 1 amide bonds.